The van der Waals surface area contributed by atoms with Crippen LogP contribution in [0, 0.1) is 5.92 Å². The number of carbonyl (C=O) groups is 1. The summed E-state index contributed by atoms with van der Waals surface area (Å²) in [6.07, 6.45) is -6.73. The van der Waals surface area contributed by atoms with Crippen LogP contribution in [0.25, 0.3) is 0 Å². The third kappa shape index (κ3) is 3.42. The van der Waals surface area contributed by atoms with Gasteiger partial charge in [0.15, 0.2) is 5.71 Å². The van der Waals surface area contributed by atoms with Crippen molar-refractivity contribution in [1.82, 2.24) is 0 Å². The van der Waals surface area contributed by atoms with E-state index in [2.05, 4.69) is 5.10 Å². The lowest BCUT2D eigenvalue weighted by molar-refractivity contribution is -0.123. The molecule has 2 aromatic carbocycles. The van der Waals surface area contributed by atoms with Crippen LogP contribution in [-0.4, -0.2) is 22.9 Å². The summed E-state index contributed by atoms with van der Waals surface area (Å²) in [6, 6.07) is 11.6. The molecule has 1 amide bonds. The molecule has 136 valence electrons. The Morgan fingerprint density at radius 1 is 1.12 bits per heavy atom. The smallest absolute Gasteiger partial charge is 0.387 e. The van der Waals surface area contributed by atoms with Gasteiger partial charge >= 0.3 is 6.18 Å². The van der Waals surface area contributed by atoms with E-state index in [0.717, 1.165) is 0 Å². The van der Waals surface area contributed by atoms with Crippen molar-refractivity contribution in [2.24, 2.45) is 11.0 Å². The van der Waals surface area contributed by atoms with Crippen molar-refractivity contribution in [3.05, 3.63) is 64.1 Å². The minimum Gasteiger partial charge on any atom is -0.387 e. The lowest BCUT2D eigenvalue weighted by atomic mass is 9.91. The van der Waals surface area contributed by atoms with Gasteiger partial charge in [-0.3, -0.25) is 4.79 Å². The van der Waals surface area contributed by atoms with Gasteiger partial charge in [-0.2, -0.15) is 23.3 Å². The average Bonchev–Trinajstić information content (AvgIpc) is 2.93. The van der Waals surface area contributed by atoms with Gasteiger partial charge in [-0.15, -0.1) is 0 Å². The van der Waals surface area contributed by atoms with Gasteiger partial charge in [0.1, 0.15) is 5.92 Å². The number of rotatable bonds is 3. The molecule has 1 aliphatic rings. The number of aliphatic hydroxyl groups excluding tert-OH is 1. The highest BCUT2D eigenvalue weighted by Crippen LogP contribution is 2.40. The van der Waals surface area contributed by atoms with E-state index in [1.807, 2.05) is 0 Å². The number of hydrazone groups is 1. The molecule has 0 radical (unpaired) electrons. The zero-order valence-corrected chi connectivity index (χ0v) is 14.4. The van der Waals surface area contributed by atoms with E-state index in [1.54, 1.807) is 18.2 Å². The fourth-order valence-electron chi connectivity index (χ4n) is 2.66. The predicted molar refractivity (Wildman–Crippen MR) is 92.3 cm³/mol. The van der Waals surface area contributed by atoms with Gasteiger partial charge in [0.2, 0.25) is 0 Å². The maximum Gasteiger partial charge on any atom is 0.432 e. The molecule has 0 spiro atoms. The Balaban J connectivity index is 2.04. The van der Waals surface area contributed by atoms with Crippen molar-refractivity contribution in [3.8, 4) is 0 Å². The molecule has 26 heavy (non-hydrogen) atoms. The number of para-hydroxylation sites is 1. The molecular formula is C17H11Cl2F3N2O2. The molecule has 4 nitrogen and oxygen atoms in total. The largest absolute Gasteiger partial charge is 0.432 e. The molecule has 2 aromatic rings. The third-order valence-electron chi connectivity index (χ3n) is 3.87. The van der Waals surface area contributed by atoms with Crippen LogP contribution >= 0.6 is 23.2 Å². The predicted octanol–water partition coefficient (Wildman–Crippen LogP) is 4.61. The summed E-state index contributed by atoms with van der Waals surface area (Å²) in [5, 5.41) is 14.8. The standard InChI is InChI=1S/C17H11Cl2F3N2O2/c18-9-6-7-11(12(19)8-9)14(25)13-15(17(20,21)22)23-24(16(13)26)10-4-2-1-3-5-10/h1-8,13-14,25H/t13-,14-/m0/s1. The van der Waals surface area contributed by atoms with E-state index in [0.29, 0.717) is 5.01 Å². The number of nitrogens with zero attached hydrogens (tertiary/aromatic N) is 2. The molecule has 9 heteroatoms. The Kier molecular flexibility index (Phi) is 4.96. The van der Waals surface area contributed by atoms with Crippen LogP contribution in [0.5, 0.6) is 0 Å². The Morgan fingerprint density at radius 2 is 1.77 bits per heavy atom. The number of aliphatic hydroxyl groups is 1. The fourth-order valence-corrected chi connectivity index (χ4v) is 3.18. The highest BCUT2D eigenvalue weighted by molar-refractivity contribution is 6.35. The summed E-state index contributed by atoms with van der Waals surface area (Å²) in [6.45, 7) is 0. The molecule has 1 heterocycles. The van der Waals surface area contributed by atoms with E-state index < -0.39 is 29.8 Å². The van der Waals surface area contributed by atoms with Gasteiger partial charge in [-0.1, -0.05) is 47.5 Å². The van der Waals surface area contributed by atoms with Gasteiger partial charge in [0, 0.05) is 15.6 Å². The highest BCUT2D eigenvalue weighted by atomic mass is 35.5. The van der Waals surface area contributed by atoms with Crippen LogP contribution < -0.4 is 5.01 Å². The summed E-state index contributed by atoms with van der Waals surface area (Å²) in [4.78, 5) is 12.6. The number of halogens is 5. The molecule has 2 atom stereocenters. The Bertz CT molecular complexity index is 872. The number of benzene rings is 2. The first kappa shape index (κ1) is 18.7. The zero-order chi connectivity index (χ0) is 19.1. The second kappa shape index (κ2) is 6.90. The lowest BCUT2D eigenvalue weighted by Gasteiger charge is -2.21. The van der Waals surface area contributed by atoms with E-state index in [4.69, 9.17) is 23.2 Å². The maximum atomic E-state index is 13.4. The number of hydrogen-bond acceptors (Lipinski definition) is 3. The molecule has 0 fully saturated rings. The van der Waals surface area contributed by atoms with Crippen molar-refractivity contribution in [2.45, 2.75) is 12.3 Å². The van der Waals surface area contributed by atoms with Gasteiger partial charge in [0.25, 0.3) is 5.91 Å². The Morgan fingerprint density at radius 3 is 2.35 bits per heavy atom. The van der Waals surface area contributed by atoms with Gasteiger partial charge in [-0.25, -0.2) is 0 Å². The van der Waals surface area contributed by atoms with E-state index in [-0.39, 0.29) is 21.3 Å². The molecule has 1 aliphatic heterocycles. The number of amides is 1. The Labute approximate surface area is 156 Å². The molecule has 3 rings (SSSR count). The van der Waals surface area contributed by atoms with Crippen molar-refractivity contribution >= 4 is 40.5 Å². The quantitative estimate of drug-likeness (QED) is 0.814. The second-order valence-electron chi connectivity index (χ2n) is 5.56. The zero-order valence-electron chi connectivity index (χ0n) is 12.9. The van der Waals surface area contributed by atoms with Gasteiger partial charge in [0.05, 0.1) is 11.8 Å². The molecule has 1 N–H and O–H groups in total. The molecule has 0 bridgehead atoms. The Hall–Kier alpha value is -2.09. The normalized spacial score (nSPS) is 18.8. The summed E-state index contributed by atoms with van der Waals surface area (Å²) in [5.74, 6) is -2.93. The van der Waals surface area contributed by atoms with Crippen LogP contribution in [0.1, 0.15) is 11.7 Å². The lowest BCUT2D eigenvalue weighted by Crippen LogP contribution is -2.37. The average molecular weight is 403 g/mol. The van der Waals surface area contributed by atoms with Crippen LogP contribution in [0.3, 0.4) is 0 Å². The van der Waals surface area contributed by atoms with Gasteiger partial charge in [-0.05, 0) is 24.3 Å². The maximum absolute atomic E-state index is 13.4. The molecule has 0 aliphatic carbocycles. The first-order valence-corrected chi connectivity index (χ1v) is 8.13. The third-order valence-corrected chi connectivity index (χ3v) is 4.43. The molecular weight excluding hydrogens is 392 g/mol. The SMILES string of the molecule is O=C1[C@@H]([C@@H](O)c2ccc(Cl)cc2Cl)C(C(F)(F)F)=NN1c1ccccc1. The number of hydrogen-bond donors (Lipinski definition) is 1. The minimum atomic E-state index is -4.90. The van der Waals surface area contributed by atoms with Crippen LogP contribution in [0.4, 0.5) is 18.9 Å². The fraction of sp³-hybridized carbons (Fsp3) is 0.176. The van der Waals surface area contributed by atoms with E-state index in [9.17, 15) is 23.1 Å². The van der Waals surface area contributed by atoms with Crippen molar-refractivity contribution in [1.29, 1.82) is 0 Å². The van der Waals surface area contributed by atoms with Crippen LogP contribution in [-0.2, 0) is 4.79 Å². The molecule has 0 aromatic heterocycles. The van der Waals surface area contributed by atoms with Crippen molar-refractivity contribution in [3.63, 3.8) is 0 Å². The van der Waals surface area contributed by atoms with E-state index >= 15 is 0 Å². The summed E-state index contributed by atoms with van der Waals surface area (Å²) in [5.41, 5.74) is -1.26. The van der Waals surface area contributed by atoms with Crippen molar-refractivity contribution < 1.29 is 23.1 Å². The summed E-state index contributed by atoms with van der Waals surface area (Å²) in [7, 11) is 0. The molecule has 0 saturated heterocycles. The minimum absolute atomic E-state index is 0.0405. The second-order valence-corrected chi connectivity index (χ2v) is 6.40. The van der Waals surface area contributed by atoms with Gasteiger partial charge < -0.3 is 5.11 Å². The van der Waals surface area contributed by atoms with Crippen molar-refractivity contribution in [2.75, 3.05) is 5.01 Å². The van der Waals surface area contributed by atoms with Crippen LogP contribution in [0.15, 0.2) is 53.6 Å². The molecule has 0 unspecified atom stereocenters. The monoisotopic (exact) mass is 402 g/mol. The summed E-state index contributed by atoms with van der Waals surface area (Å²) < 4.78 is 40.3. The molecule has 0 saturated carbocycles. The highest BCUT2D eigenvalue weighted by Gasteiger charge is 2.53. The summed E-state index contributed by atoms with van der Waals surface area (Å²) >= 11 is 11.7. The van der Waals surface area contributed by atoms with E-state index in [1.165, 1.54) is 30.3 Å². The first-order chi connectivity index (χ1) is 12.2. The number of anilines is 1. The number of alkyl halides is 3. The van der Waals surface area contributed by atoms with Crippen LogP contribution in [0.2, 0.25) is 10.0 Å². The first-order valence-electron chi connectivity index (χ1n) is 7.38. The number of carbonyl (C=O) groups excluding carboxylic acids is 1. The topological polar surface area (TPSA) is 52.9 Å².